The van der Waals surface area contributed by atoms with Crippen molar-refractivity contribution in [1.29, 1.82) is 0 Å². The Morgan fingerprint density at radius 2 is 1.89 bits per heavy atom. The molecule has 0 radical (unpaired) electrons. The summed E-state index contributed by atoms with van der Waals surface area (Å²) in [5, 5.41) is 10.0. The van der Waals surface area contributed by atoms with Crippen LogP contribution < -0.4 is 0 Å². The molecule has 106 valence electrons. The Balaban J connectivity index is 1.83. The maximum Gasteiger partial charge on any atom is 0.150 e. The van der Waals surface area contributed by atoms with Crippen LogP contribution in [-0.4, -0.2) is 25.0 Å². The summed E-state index contributed by atoms with van der Waals surface area (Å²) >= 11 is 0. The van der Waals surface area contributed by atoms with Crippen LogP contribution in [0.1, 0.15) is 55.8 Å². The molecule has 2 rings (SSSR count). The number of aliphatic hydroxyl groups is 1. The fraction of sp³-hybridized carbons (Fsp3) is 0.600. The van der Waals surface area contributed by atoms with E-state index in [4.69, 9.17) is 0 Å². The van der Waals surface area contributed by atoms with Crippen LogP contribution in [0, 0.1) is 0 Å². The van der Waals surface area contributed by atoms with Gasteiger partial charge in [0.25, 0.3) is 0 Å². The van der Waals surface area contributed by atoms with E-state index in [9.17, 15) is 13.5 Å². The van der Waals surface area contributed by atoms with Crippen molar-refractivity contribution in [3.63, 3.8) is 0 Å². The zero-order valence-electron chi connectivity index (χ0n) is 11.4. The number of sulfone groups is 1. The summed E-state index contributed by atoms with van der Waals surface area (Å²) in [6.07, 6.45) is 3.01. The highest BCUT2D eigenvalue weighted by Gasteiger charge is 2.23. The fourth-order valence-corrected chi connectivity index (χ4v) is 3.11. The zero-order valence-corrected chi connectivity index (χ0v) is 12.2. The van der Waals surface area contributed by atoms with Gasteiger partial charge in [-0.3, -0.25) is 0 Å². The lowest BCUT2D eigenvalue weighted by Crippen LogP contribution is -2.10. The van der Waals surface area contributed by atoms with E-state index >= 15 is 0 Å². The summed E-state index contributed by atoms with van der Waals surface area (Å²) in [4.78, 5) is 0. The van der Waals surface area contributed by atoms with Crippen molar-refractivity contribution >= 4 is 9.84 Å². The number of hydrogen-bond acceptors (Lipinski definition) is 3. The van der Waals surface area contributed by atoms with Crippen molar-refractivity contribution in [1.82, 2.24) is 0 Å². The van der Waals surface area contributed by atoms with Gasteiger partial charge in [0.2, 0.25) is 0 Å². The van der Waals surface area contributed by atoms with Gasteiger partial charge in [0.1, 0.15) is 9.84 Å². The minimum Gasteiger partial charge on any atom is -0.388 e. The standard InChI is InChI=1S/C15H22O3S/c1-2-19(17,18)11-3-4-15(16)14-9-7-13(8-10-14)12-5-6-12/h7-10,12,15-16H,2-6,11H2,1H3. The molecule has 0 aliphatic heterocycles. The lowest BCUT2D eigenvalue weighted by Gasteiger charge is -2.11. The summed E-state index contributed by atoms with van der Waals surface area (Å²) < 4.78 is 22.7. The number of aliphatic hydroxyl groups excluding tert-OH is 1. The molecule has 0 spiro atoms. The Morgan fingerprint density at radius 1 is 1.26 bits per heavy atom. The smallest absolute Gasteiger partial charge is 0.150 e. The molecule has 1 aromatic rings. The third-order valence-corrected chi connectivity index (χ3v) is 5.53. The zero-order chi connectivity index (χ0) is 13.9. The molecule has 4 heteroatoms. The van der Waals surface area contributed by atoms with Gasteiger partial charge in [-0.1, -0.05) is 31.2 Å². The molecule has 0 saturated heterocycles. The molecule has 1 aliphatic carbocycles. The average Bonchev–Trinajstić information content (AvgIpc) is 3.23. The Labute approximate surface area is 115 Å². The second kappa shape index (κ2) is 6.06. The molecular formula is C15H22O3S. The largest absolute Gasteiger partial charge is 0.388 e. The van der Waals surface area contributed by atoms with Crippen LogP contribution in [0.5, 0.6) is 0 Å². The SMILES string of the molecule is CCS(=O)(=O)CCCC(O)c1ccc(C2CC2)cc1. The van der Waals surface area contributed by atoms with Gasteiger partial charge in [-0.25, -0.2) is 8.42 Å². The van der Waals surface area contributed by atoms with Crippen molar-refractivity contribution in [2.45, 2.75) is 44.6 Å². The summed E-state index contributed by atoms with van der Waals surface area (Å²) in [6, 6.07) is 8.09. The maximum absolute atomic E-state index is 11.4. The van der Waals surface area contributed by atoms with E-state index in [1.807, 2.05) is 12.1 Å². The quantitative estimate of drug-likeness (QED) is 0.836. The van der Waals surface area contributed by atoms with Crippen molar-refractivity contribution in [2.75, 3.05) is 11.5 Å². The fourth-order valence-electron chi connectivity index (χ4n) is 2.21. The molecule has 1 aliphatic rings. The van der Waals surface area contributed by atoms with E-state index in [1.165, 1.54) is 18.4 Å². The molecule has 1 saturated carbocycles. The van der Waals surface area contributed by atoms with Gasteiger partial charge >= 0.3 is 0 Å². The maximum atomic E-state index is 11.4. The van der Waals surface area contributed by atoms with Crippen LogP contribution in [0.25, 0.3) is 0 Å². The lowest BCUT2D eigenvalue weighted by molar-refractivity contribution is 0.166. The summed E-state index contributed by atoms with van der Waals surface area (Å²) in [5.74, 6) is 1.07. The highest BCUT2D eigenvalue weighted by molar-refractivity contribution is 7.91. The molecule has 0 heterocycles. The summed E-state index contributed by atoms with van der Waals surface area (Å²) in [5.41, 5.74) is 2.24. The molecule has 0 aromatic heterocycles. The van der Waals surface area contributed by atoms with Crippen LogP contribution in [0.2, 0.25) is 0 Å². The Morgan fingerprint density at radius 3 is 2.42 bits per heavy atom. The lowest BCUT2D eigenvalue weighted by atomic mass is 10.0. The normalized spacial score (nSPS) is 17.4. The van der Waals surface area contributed by atoms with Crippen molar-refractivity contribution in [3.05, 3.63) is 35.4 Å². The predicted octanol–water partition coefficient (Wildman–Crippen LogP) is 2.81. The van der Waals surface area contributed by atoms with E-state index in [0.717, 1.165) is 11.5 Å². The van der Waals surface area contributed by atoms with Crippen molar-refractivity contribution in [3.8, 4) is 0 Å². The van der Waals surface area contributed by atoms with Crippen LogP contribution in [0.15, 0.2) is 24.3 Å². The second-order valence-electron chi connectivity index (χ2n) is 5.34. The molecule has 1 aromatic carbocycles. The molecule has 0 bridgehead atoms. The molecule has 19 heavy (non-hydrogen) atoms. The van der Waals surface area contributed by atoms with Crippen LogP contribution in [0.3, 0.4) is 0 Å². The Bertz CT molecular complexity index is 501. The van der Waals surface area contributed by atoms with E-state index in [0.29, 0.717) is 12.8 Å². The predicted molar refractivity (Wildman–Crippen MR) is 76.9 cm³/mol. The topological polar surface area (TPSA) is 54.4 Å². The highest BCUT2D eigenvalue weighted by atomic mass is 32.2. The van der Waals surface area contributed by atoms with Crippen LogP contribution in [-0.2, 0) is 9.84 Å². The van der Waals surface area contributed by atoms with Crippen molar-refractivity contribution < 1.29 is 13.5 Å². The van der Waals surface area contributed by atoms with E-state index < -0.39 is 15.9 Å². The molecule has 1 unspecified atom stereocenters. The van der Waals surface area contributed by atoms with Crippen LogP contribution in [0.4, 0.5) is 0 Å². The van der Waals surface area contributed by atoms with E-state index in [2.05, 4.69) is 12.1 Å². The molecule has 3 nitrogen and oxygen atoms in total. The van der Waals surface area contributed by atoms with E-state index in [-0.39, 0.29) is 11.5 Å². The number of benzene rings is 1. The molecule has 0 amide bonds. The average molecular weight is 282 g/mol. The number of hydrogen-bond donors (Lipinski definition) is 1. The minimum absolute atomic E-state index is 0.167. The van der Waals surface area contributed by atoms with Gasteiger partial charge < -0.3 is 5.11 Å². The van der Waals surface area contributed by atoms with E-state index in [1.54, 1.807) is 6.92 Å². The monoisotopic (exact) mass is 282 g/mol. The first-order chi connectivity index (χ1) is 9.02. The summed E-state index contributed by atoms with van der Waals surface area (Å²) in [7, 11) is -2.92. The first-order valence-corrected chi connectivity index (χ1v) is 8.82. The Kier molecular flexibility index (Phi) is 4.63. The first-order valence-electron chi connectivity index (χ1n) is 7.00. The van der Waals surface area contributed by atoms with Crippen LogP contribution >= 0.6 is 0 Å². The summed E-state index contributed by atoms with van der Waals surface area (Å²) in [6.45, 7) is 1.66. The van der Waals surface area contributed by atoms with Gasteiger partial charge in [-0.2, -0.15) is 0 Å². The first kappa shape index (κ1) is 14.5. The van der Waals surface area contributed by atoms with Crippen molar-refractivity contribution in [2.24, 2.45) is 0 Å². The van der Waals surface area contributed by atoms with Gasteiger partial charge in [0.15, 0.2) is 0 Å². The van der Waals surface area contributed by atoms with Gasteiger partial charge in [-0.05, 0) is 42.7 Å². The second-order valence-corrected chi connectivity index (χ2v) is 7.81. The molecular weight excluding hydrogens is 260 g/mol. The van der Waals surface area contributed by atoms with Gasteiger partial charge in [-0.15, -0.1) is 0 Å². The van der Waals surface area contributed by atoms with Gasteiger partial charge in [0.05, 0.1) is 11.9 Å². The minimum atomic E-state index is -2.92. The Hall–Kier alpha value is -0.870. The van der Waals surface area contributed by atoms with Gasteiger partial charge in [0, 0.05) is 5.75 Å². The third kappa shape index (κ3) is 4.32. The third-order valence-electron chi connectivity index (χ3n) is 3.74. The highest BCUT2D eigenvalue weighted by Crippen LogP contribution is 2.40. The molecule has 1 fully saturated rings. The molecule has 1 atom stereocenters. The molecule has 1 N–H and O–H groups in total. The number of rotatable bonds is 7.